The van der Waals surface area contributed by atoms with E-state index in [1.165, 1.54) is 11.1 Å². The van der Waals surface area contributed by atoms with E-state index in [0.717, 1.165) is 30.5 Å². The zero-order chi connectivity index (χ0) is 18.1. The molecular weight excluding hydrogens is 324 g/mol. The molecule has 0 spiro atoms. The van der Waals surface area contributed by atoms with Gasteiger partial charge in [-0.2, -0.15) is 0 Å². The van der Waals surface area contributed by atoms with Gasteiger partial charge in [0.15, 0.2) is 0 Å². The molecule has 2 aromatic carbocycles. The molecule has 1 aliphatic carbocycles. The highest BCUT2D eigenvalue weighted by atomic mass is 16.5. The number of para-hydroxylation sites is 1. The van der Waals surface area contributed by atoms with Crippen molar-refractivity contribution >= 4 is 5.91 Å². The van der Waals surface area contributed by atoms with Crippen LogP contribution in [-0.2, 0) is 23.2 Å². The van der Waals surface area contributed by atoms with Gasteiger partial charge in [-0.05, 0) is 30.0 Å². The Morgan fingerprint density at radius 3 is 2.46 bits per heavy atom. The molecule has 0 fully saturated rings. The number of rotatable bonds is 2. The molecule has 2 N–H and O–H groups in total. The first-order valence-corrected chi connectivity index (χ1v) is 9.15. The largest absolute Gasteiger partial charge is 0.493 e. The number of nitrogens with zero attached hydrogens (tertiary/aromatic N) is 1. The lowest BCUT2D eigenvalue weighted by atomic mass is 9.82. The van der Waals surface area contributed by atoms with E-state index in [9.17, 15) is 4.79 Å². The summed E-state index contributed by atoms with van der Waals surface area (Å²) in [5.41, 5.74) is 10.0. The molecule has 2 aliphatic rings. The number of benzene rings is 2. The number of amides is 1. The van der Waals surface area contributed by atoms with Gasteiger partial charge in [0, 0.05) is 31.1 Å². The van der Waals surface area contributed by atoms with Gasteiger partial charge in [-0.15, -0.1) is 0 Å². The van der Waals surface area contributed by atoms with Crippen molar-refractivity contribution in [2.45, 2.75) is 31.2 Å². The minimum Gasteiger partial charge on any atom is -0.493 e. The molecule has 1 amide bonds. The van der Waals surface area contributed by atoms with E-state index >= 15 is 0 Å². The standard InChI is InChI=1S/C22H24N2O2/c1-24(18-10-11-18)21(25)22(23)14-12-16-6-2-3-7-17(16)13-15-26-20-9-5-4-8-19(20)22/h2-10H,11-15,23H2,1H3. The highest BCUT2D eigenvalue weighted by molar-refractivity contribution is 5.90. The molecule has 0 radical (unpaired) electrons. The third-order valence-electron chi connectivity index (χ3n) is 5.41. The van der Waals surface area contributed by atoms with Crippen LogP contribution in [0.1, 0.15) is 29.5 Å². The normalized spacial score (nSPS) is 21.5. The van der Waals surface area contributed by atoms with E-state index < -0.39 is 5.54 Å². The lowest BCUT2D eigenvalue weighted by Crippen LogP contribution is -2.51. The molecule has 4 nitrogen and oxygen atoms in total. The number of carbonyl (C=O) groups excluding carboxylic acids is 1. The highest BCUT2D eigenvalue weighted by Gasteiger charge is 2.42. The number of carbonyl (C=O) groups is 1. The summed E-state index contributed by atoms with van der Waals surface area (Å²) >= 11 is 0. The summed E-state index contributed by atoms with van der Waals surface area (Å²) in [5, 5.41) is 0. The van der Waals surface area contributed by atoms with Crippen molar-refractivity contribution in [3.63, 3.8) is 0 Å². The van der Waals surface area contributed by atoms with Crippen LogP contribution < -0.4 is 10.5 Å². The SMILES string of the molecule is CN(C(=O)C1(N)CCc2ccccc2CCOc2ccccc21)C1=CC1. The van der Waals surface area contributed by atoms with Crippen LogP contribution in [0.5, 0.6) is 5.75 Å². The Kier molecular flexibility index (Phi) is 4.29. The summed E-state index contributed by atoms with van der Waals surface area (Å²) in [6.45, 7) is 0.569. The van der Waals surface area contributed by atoms with Crippen LogP contribution in [0.15, 0.2) is 60.3 Å². The Morgan fingerprint density at radius 2 is 1.73 bits per heavy atom. The van der Waals surface area contributed by atoms with Gasteiger partial charge < -0.3 is 15.4 Å². The van der Waals surface area contributed by atoms with Crippen molar-refractivity contribution in [3.05, 3.63) is 77.0 Å². The third kappa shape index (κ3) is 3.01. The fourth-order valence-corrected chi connectivity index (χ4v) is 3.72. The second kappa shape index (κ2) is 6.61. The van der Waals surface area contributed by atoms with Gasteiger partial charge in [-0.3, -0.25) is 4.79 Å². The number of hydrogen-bond acceptors (Lipinski definition) is 3. The van der Waals surface area contributed by atoms with Crippen molar-refractivity contribution < 1.29 is 9.53 Å². The number of ether oxygens (including phenoxy) is 1. The molecule has 0 bridgehead atoms. The van der Waals surface area contributed by atoms with Crippen molar-refractivity contribution in [1.29, 1.82) is 0 Å². The second-order valence-electron chi connectivity index (χ2n) is 7.10. The zero-order valence-electron chi connectivity index (χ0n) is 15.1. The van der Waals surface area contributed by atoms with Gasteiger partial charge in [-0.25, -0.2) is 0 Å². The van der Waals surface area contributed by atoms with Crippen LogP contribution in [0.3, 0.4) is 0 Å². The van der Waals surface area contributed by atoms with E-state index in [2.05, 4.69) is 12.1 Å². The summed E-state index contributed by atoms with van der Waals surface area (Å²) in [7, 11) is 1.81. The second-order valence-corrected chi connectivity index (χ2v) is 7.10. The molecule has 2 aromatic rings. The minimum absolute atomic E-state index is 0.0737. The number of likely N-dealkylation sites (N-methyl/N-ethyl adjacent to an activating group) is 1. The lowest BCUT2D eigenvalue weighted by molar-refractivity contribution is -0.134. The van der Waals surface area contributed by atoms with E-state index in [1.54, 1.807) is 4.90 Å². The maximum atomic E-state index is 13.3. The molecule has 1 atom stereocenters. The van der Waals surface area contributed by atoms with Crippen LogP contribution in [-0.4, -0.2) is 24.5 Å². The fraction of sp³-hybridized carbons (Fsp3) is 0.318. The monoisotopic (exact) mass is 348 g/mol. The molecule has 4 rings (SSSR count). The molecule has 0 saturated heterocycles. The van der Waals surface area contributed by atoms with Crippen LogP contribution >= 0.6 is 0 Å². The molecule has 134 valence electrons. The van der Waals surface area contributed by atoms with Gasteiger partial charge in [-0.1, -0.05) is 48.5 Å². The molecule has 1 aliphatic heterocycles. The Morgan fingerprint density at radius 1 is 1.08 bits per heavy atom. The predicted molar refractivity (Wildman–Crippen MR) is 102 cm³/mol. The topological polar surface area (TPSA) is 55.6 Å². The first-order chi connectivity index (χ1) is 12.6. The molecular formula is C22H24N2O2. The maximum absolute atomic E-state index is 13.3. The van der Waals surface area contributed by atoms with Gasteiger partial charge in [0.1, 0.15) is 11.3 Å². The number of aryl methyl sites for hydroxylation is 1. The quantitative estimate of drug-likeness (QED) is 0.907. The average Bonchev–Trinajstić information content (AvgIpc) is 3.51. The lowest BCUT2D eigenvalue weighted by Gasteiger charge is -2.34. The van der Waals surface area contributed by atoms with Crippen LogP contribution in [0.25, 0.3) is 0 Å². The summed E-state index contributed by atoms with van der Waals surface area (Å²) in [6, 6.07) is 16.0. The van der Waals surface area contributed by atoms with Crippen molar-refractivity contribution in [3.8, 4) is 5.75 Å². The van der Waals surface area contributed by atoms with Crippen LogP contribution in [0.2, 0.25) is 0 Å². The summed E-state index contributed by atoms with van der Waals surface area (Å²) in [4.78, 5) is 15.0. The van der Waals surface area contributed by atoms with E-state index in [4.69, 9.17) is 10.5 Å². The molecule has 0 aromatic heterocycles. The first kappa shape index (κ1) is 16.9. The Hall–Kier alpha value is -2.59. The van der Waals surface area contributed by atoms with Crippen LogP contribution in [0, 0.1) is 0 Å². The van der Waals surface area contributed by atoms with Gasteiger partial charge in [0.05, 0.1) is 6.61 Å². The van der Waals surface area contributed by atoms with Crippen molar-refractivity contribution in [1.82, 2.24) is 4.90 Å². The van der Waals surface area contributed by atoms with E-state index in [1.807, 2.05) is 49.5 Å². The molecule has 26 heavy (non-hydrogen) atoms. The average molecular weight is 348 g/mol. The van der Waals surface area contributed by atoms with Gasteiger partial charge in [0.25, 0.3) is 5.91 Å². The maximum Gasteiger partial charge on any atom is 0.251 e. The molecule has 1 unspecified atom stereocenters. The van der Waals surface area contributed by atoms with Crippen molar-refractivity contribution in [2.75, 3.05) is 13.7 Å². The van der Waals surface area contributed by atoms with Crippen LogP contribution in [0.4, 0.5) is 0 Å². The number of allylic oxidation sites excluding steroid dienone is 2. The number of hydrogen-bond donors (Lipinski definition) is 1. The summed E-state index contributed by atoms with van der Waals surface area (Å²) < 4.78 is 6.06. The molecule has 0 saturated carbocycles. The molecule has 4 heteroatoms. The zero-order valence-corrected chi connectivity index (χ0v) is 15.1. The van der Waals surface area contributed by atoms with Gasteiger partial charge >= 0.3 is 0 Å². The molecule has 1 heterocycles. The highest BCUT2D eigenvalue weighted by Crippen LogP contribution is 2.36. The smallest absolute Gasteiger partial charge is 0.251 e. The number of nitrogens with two attached hydrogens (primary N) is 1. The Balaban J connectivity index is 1.77. The Bertz CT molecular complexity index is 874. The predicted octanol–water partition coefficient (Wildman–Crippen LogP) is 3.15. The summed E-state index contributed by atoms with van der Waals surface area (Å²) in [5.74, 6) is 0.635. The Labute approximate surface area is 154 Å². The fourth-order valence-electron chi connectivity index (χ4n) is 3.72. The van der Waals surface area contributed by atoms with Gasteiger partial charge in [0.2, 0.25) is 0 Å². The third-order valence-corrected chi connectivity index (χ3v) is 5.41. The van der Waals surface area contributed by atoms with Crippen molar-refractivity contribution in [2.24, 2.45) is 5.73 Å². The van der Waals surface area contributed by atoms with E-state index in [0.29, 0.717) is 18.8 Å². The van der Waals surface area contributed by atoms with E-state index in [-0.39, 0.29) is 5.91 Å². The number of fused-ring (bicyclic) bond motifs is 2. The summed E-state index contributed by atoms with van der Waals surface area (Å²) in [6.07, 6.45) is 5.06. The minimum atomic E-state index is -1.11. The first-order valence-electron chi connectivity index (χ1n) is 9.15.